The monoisotopic (exact) mass is 374 g/mol. The molecule has 0 fully saturated rings. The average Bonchev–Trinajstić information content (AvgIpc) is 2.47. The lowest BCUT2D eigenvalue weighted by Crippen LogP contribution is -2.21. The summed E-state index contributed by atoms with van der Waals surface area (Å²) in [5, 5.41) is 5.50. The van der Waals surface area contributed by atoms with Gasteiger partial charge in [-0.2, -0.15) is 0 Å². The lowest BCUT2D eigenvalue weighted by molar-refractivity contribution is -0.123. The number of aryl methyl sites for hydroxylation is 2. The second-order valence-corrected chi connectivity index (χ2v) is 6.34. The summed E-state index contributed by atoms with van der Waals surface area (Å²) >= 11 is 3.42. The van der Waals surface area contributed by atoms with Crippen molar-refractivity contribution < 1.29 is 9.59 Å². The summed E-state index contributed by atoms with van der Waals surface area (Å²) in [7, 11) is 0. The number of rotatable bonds is 4. The zero-order chi connectivity index (χ0) is 17.0. The normalized spacial score (nSPS) is 10.3. The highest BCUT2D eigenvalue weighted by Gasteiger charge is 2.12. The molecule has 0 saturated carbocycles. The van der Waals surface area contributed by atoms with Crippen LogP contribution in [0.25, 0.3) is 0 Å². The molecule has 2 rings (SSSR count). The summed E-state index contributed by atoms with van der Waals surface area (Å²) in [4.78, 5) is 24.0. The summed E-state index contributed by atoms with van der Waals surface area (Å²) in [6.45, 7) is 5.88. The molecule has 5 heteroatoms. The maximum absolute atomic E-state index is 12.0. The molecule has 0 aromatic heterocycles. The van der Waals surface area contributed by atoms with E-state index in [1.54, 1.807) is 6.07 Å². The Morgan fingerprint density at radius 2 is 1.65 bits per heavy atom. The van der Waals surface area contributed by atoms with Crippen molar-refractivity contribution in [1.29, 1.82) is 0 Å². The van der Waals surface area contributed by atoms with Crippen LogP contribution in [-0.4, -0.2) is 11.8 Å². The molecule has 0 aliphatic rings. The van der Waals surface area contributed by atoms with E-state index in [0.29, 0.717) is 5.69 Å². The Balaban J connectivity index is 1.95. The molecule has 0 radical (unpaired) electrons. The fourth-order valence-corrected chi connectivity index (χ4v) is 2.48. The summed E-state index contributed by atoms with van der Waals surface area (Å²) in [6.07, 6.45) is -0.223. The third kappa shape index (κ3) is 4.66. The van der Waals surface area contributed by atoms with Crippen LogP contribution in [0, 0.1) is 20.8 Å². The Labute approximate surface area is 144 Å². The van der Waals surface area contributed by atoms with E-state index in [1.807, 2.05) is 51.1 Å². The molecule has 0 saturated heterocycles. The first-order valence-electron chi connectivity index (χ1n) is 7.29. The Morgan fingerprint density at radius 3 is 2.35 bits per heavy atom. The van der Waals surface area contributed by atoms with Gasteiger partial charge in [-0.15, -0.1) is 0 Å². The zero-order valence-electron chi connectivity index (χ0n) is 13.4. The molecule has 120 valence electrons. The molecule has 0 unspecified atom stereocenters. The van der Waals surface area contributed by atoms with Crippen LogP contribution >= 0.6 is 15.9 Å². The van der Waals surface area contributed by atoms with Gasteiger partial charge in [0.25, 0.3) is 0 Å². The van der Waals surface area contributed by atoms with Crippen molar-refractivity contribution in [3.63, 3.8) is 0 Å². The van der Waals surface area contributed by atoms with Crippen molar-refractivity contribution in [3.8, 4) is 0 Å². The lowest BCUT2D eigenvalue weighted by Gasteiger charge is -2.11. The maximum Gasteiger partial charge on any atom is 0.233 e. The minimum atomic E-state index is -0.344. The first-order valence-corrected chi connectivity index (χ1v) is 8.08. The van der Waals surface area contributed by atoms with Crippen LogP contribution in [0.2, 0.25) is 0 Å². The van der Waals surface area contributed by atoms with Crippen molar-refractivity contribution in [3.05, 3.63) is 57.6 Å². The van der Waals surface area contributed by atoms with Gasteiger partial charge in [-0.1, -0.05) is 34.1 Å². The van der Waals surface area contributed by atoms with Gasteiger partial charge in [-0.25, -0.2) is 0 Å². The molecule has 0 heterocycles. The first kappa shape index (κ1) is 17.2. The topological polar surface area (TPSA) is 58.2 Å². The van der Waals surface area contributed by atoms with E-state index in [-0.39, 0.29) is 18.2 Å². The van der Waals surface area contributed by atoms with E-state index in [0.717, 1.165) is 26.9 Å². The highest BCUT2D eigenvalue weighted by Crippen LogP contribution is 2.21. The number of carbonyl (C=O) groups is 2. The van der Waals surface area contributed by atoms with Crippen LogP contribution in [0.5, 0.6) is 0 Å². The highest BCUT2D eigenvalue weighted by atomic mass is 79.9. The molecule has 2 aromatic rings. The van der Waals surface area contributed by atoms with Crippen molar-refractivity contribution in [2.75, 3.05) is 10.6 Å². The summed E-state index contributed by atoms with van der Waals surface area (Å²) in [5.74, 6) is -0.675. The van der Waals surface area contributed by atoms with Gasteiger partial charge in [0.05, 0.1) is 0 Å². The van der Waals surface area contributed by atoms with E-state index in [4.69, 9.17) is 0 Å². The Hall–Kier alpha value is -2.14. The fraction of sp³-hybridized carbons (Fsp3) is 0.222. The van der Waals surface area contributed by atoms with Gasteiger partial charge in [0.1, 0.15) is 6.42 Å². The summed E-state index contributed by atoms with van der Waals surface area (Å²) in [6, 6.07) is 11.2. The predicted molar refractivity (Wildman–Crippen MR) is 96.7 cm³/mol. The first-order chi connectivity index (χ1) is 10.9. The molecule has 2 N–H and O–H groups in total. The quantitative estimate of drug-likeness (QED) is 0.781. The van der Waals surface area contributed by atoms with Gasteiger partial charge in [-0.05, 0) is 55.7 Å². The molecule has 4 nitrogen and oxygen atoms in total. The minimum Gasteiger partial charge on any atom is -0.326 e. The number of carbonyl (C=O) groups excluding carboxylic acids is 2. The molecule has 0 aliphatic heterocycles. The fourth-order valence-electron chi connectivity index (χ4n) is 2.10. The van der Waals surface area contributed by atoms with Crippen LogP contribution in [0.15, 0.2) is 40.9 Å². The van der Waals surface area contributed by atoms with Crippen LogP contribution in [-0.2, 0) is 9.59 Å². The molecule has 2 amide bonds. The maximum atomic E-state index is 12.0. The molecule has 23 heavy (non-hydrogen) atoms. The van der Waals surface area contributed by atoms with Crippen LogP contribution in [0.4, 0.5) is 11.4 Å². The molecule has 2 aromatic carbocycles. The Bertz CT molecular complexity index is 757. The highest BCUT2D eigenvalue weighted by molar-refractivity contribution is 9.10. The number of nitrogens with one attached hydrogen (secondary N) is 2. The smallest absolute Gasteiger partial charge is 0.233 e. The second-order valence-electron chi connectivity index (χ2n) is 5.48. The number of benzene rings is 2. The van der Waals surface area contributed by atoms with Gasteiger partial charge >= 0.3 is 0 Å². The van der Waals surface area contributed by atoms with Crippen LogP contribution < -0.4 is 10.6 Å². The second kappa shape index (κ2) is 7.42. The molecule has 0 bridgehead atoms. The SMILES string of the molecule is Cc1ccc(NC(=O)CC(=O)Nc2cccc(C)c2C)cc1Br. The van der Waals surface area contributed by atoms with E-state index in [2.05, 4.69) is 26.6 Å². The summed E-state index contributed by atoms with van der Waals surface area (Å²) < 4.78 is 0.912. The molecule has 0 aliphatic carbocycles. The van der Waals surface area contributed by atoms with Crippen molar-refractivity contribution in [2.24, 2.45) is 0 Å². The van der Waals surface area contributed by atoms with Crippen molar-refractivity contribution in [1.82, 2.24) is 0 Å². The Kier molecular flexibility index (Phi) is 5.55. The van der Waals surface area contributed by atoms with Crippen LogP contribution in [0.3, 0.4) is 0 Å². The lowest BCUT2D eigenvalue weighted by atomic mass is 10.1. The van der Waals surface area contributed by atoms with Gasteiger partial charge in [0.15, 0.2) is 0 Å². The van der Waals surface area contributed by atoms with Gasteiger partial charge in [0.2, 0.25) is 11.8 Å². The standard InChI is InChI=1S/C18H19BrN2O2/c1-11-5-4-6-16(13(11)3)21-18(23)10-17(22)20-14-8-7-12(2)15(19)9-14/h4-9H,10H2,1-3H3,(H,20,22)(H,21,23). The van der Waals surface area contributed by atoms with Gasteiger partial charge < -0.3 is 10.6 Å². The van der Waals surface area contributed by atoms with Crippen molar-refractivity contribution >= 4 is 39.1 Å². The van der Waals surface area contributed by atoms with E-state index < -0.39 is 0 Å². The number of anilines is 2. The number of hydrogen-bond donors (Lipinski definition) is 2. The van der Waals surface area contributed by atoms with Crippen LogP contribution in [0.1, 0.15) is 23.1 Å². The average molecular weight is 375 g/mol. The van der Waals surface area contributed by atoms with Crippen molar-refractivity contribution in [2.45, 2.75) is 27.2 Å². The minimum absolute atomic E-state index is 0.223. The number of hydrogen-bond acceptors (Lipinski definition) is 2. The van der Waals surface area contributed by atoms with Gasteiger partial charge in [-0.3, -0.25) is 9.59 Å². The predicted octanol–water partition coefficient (Wildman–Crippen LogP) is 4.34. The van der Waals surface area contributed by atoms with E-state index in [1.165, 1.54) is 0 Å². The molecule has 0 atom stereocenters. The third-order valence-corrected chi connectivity index (χ3v) is 4.51. The zero-order valence-corrected chi connectivity index (χ0v) is 15.0. The number of halogens is 1. The third-order valence-electron chi connectivity index (χ3n) is 3.66. The Morgan fingerprint density at radius 1 is 0.957 bits per heavy atom. The largest absolute Gasteiger partial charge is 0.326 e. The molecule has 0 spiro atoms. The van der Waals surface area contributed by atoms with Gasteiger partial charge in [0, 0.05) is 15.8 Å². The van der Waals surface area contributed by atoms with E-state index in [9.17, 15) is 9.59 Å². The summed E-state index contributed by atoms with van der Waals surface area (Å²) in [5.41, 5.74) is 4.57. The molecular formula is C18H19BrN2O2. The molecular weight excluding hydrogens is 356 g/mol. The number of amides is 2. The van der Waals surface area contributed by atoms with E-state index >= 15 is 0 Å².